The van der Waals surface area contributed by atoms with E-state index < -0.39 is 19.8 Å². The summed E-state index contributed by atoms with van der Waals surface area (Å²) in [6.45, 7) is 14.4. The molecule has 0 spiro atoms. The third-order valence-electron chi connectivity index (χ3n) is 2.09. The van der Waals surface area contributed by atoms with Gasteiger partial charge in [-0.1, -0.05) is 18.2 Å². The van der Waals surface area contributed by atoms with Gasteiger partial charge in [0.15, 0.2) is 0 Å². The number of hydrogen-bond donors (Lipinski definition) is 0. The van der Waals surface area contributed by atoms with Crippen LogP contribution in [0.5, 0.6) is 0 Å². The Morgan fingerprint density at radius 2 is 1.13 bits per heavy atom. The van der Waals surface area contributed by atoms with Gasteiger partial charge < -0.3 is 0 Å². The fourth-order valence-corrected chi connectivity index (χ4v) is 11.8. The standard InChI is InChI=1S/C14H23I/c1-13(2,3)15(14(4,5)6)12-10-8-7-9-11-12/h7-11H,1-6H3/q+1. The lowest BCUT2D eigenvalue weighted by atomic mass is 10.3. The number of halogens is 1. The van der Waals surface area contributed by atoms with Crippen molar-refractivity contribution >= 4 is 0 Å². The molecule has 85 valence electrons. The Morgan fingerprint density at radius 3 is 1.47 bits per heavy atom. The first-order chi connectivity index (χ1) is 6.73. The molecule has 1 aromatic carbocycles. The van der Waals surface area contributed by atoms with Gasteiger partial charge in [-0.2, -0.15) is 0 Å². The van der Waals surface area contributed by atoms with Crippen LogP contribution in [-0.4, -0.2) is 6.84 Å². The van der Waals surface area contributed by atoms with Gasteiger partial charge in [0.05, 0.1) is 0 Å². The second-order valence-electron chi connectivity index (χ2n) is 5.71. The van der Waals surface area contributed by atoms with E-state index in [-0.39, 0.29) is 0 Å². The Labute approximate surface area is 102 Å². The predicted octanol–water partition coefficient (Wildman–Crippen LogP) is 1.08. The SMILES string of the molecule is CC(C)(C)[I+](c1ccccc1)C(C)(C)C. The molecular formula is C14H23I+. The van der Waals surface area contributed by atoms with Crippen molar-refractivity contribution in [2.45, 2.75) is 48.4 Å². The molecule has 0 bridgehead atoms. The number of rotatable bonds is 1. The molecule has 15 heavy (non-hydrogen) atoms. The number of alkyl halides is 2. The Morgan fingerprint density at radius 1 is 0.733 bits per heavy atom. The molecule has 0 saturated carbocycles. The van der Waals surface area contributed by atoms with Crippen molar-refractivity contribution in [2.24, 2.45) is 0 Å². The maximum atomic E-state index is 2.40. The Hall–Kier alpha value is -0.0500. The molecule has 0 aromatic heterocycles. The lowest BCUT2D eigenvalue weighted by molar-refractivity contribution is -0.970. The zero-order chi connectivity index (χ0) is 11.7. The van der Waals surface area contributed by atoms with E-state index in [2.05, 4.69) is 71.9 Å². The Kier molecular flexibility index (Phi) is 3.85. The van der Waals surface area contributed by atoms with Gasteiger partial charge in [0.1, 0.15) is 30.2 Å². The zero-order valence-electron chi connectivity index (χ0n) is 10.8. The maximum Gasteiger partial charge on any atom is 0.146 e. The minimum absolute atomic E-state index is 0.462. The van der Waals surface area contributed by atoms with Crippen molar-refractivity contribution < 1.29 is 19.8 Å². The predicted molar refractivity (Wildman–Crippen MR) is 64.6 cm³/mol. The van der Waals surface area contributed by atoms with E-state index >= 15 is 0 Å². The fraction of sp³-hybridized carbons (Fsp3) is 0.571. The van der Waals surface area contributed by atoms with Crippen molar-refractivity contribution in [3.05, 3.63) is 33.9 Å². The quantitative estimate of drug-likeness (QED) is 0.537. The summed E-state index contributed by atoms with van der Waals surface area (Å²) < 4.78 is 2.54. The lowest BCUT2D eigenvalue weighted by Crippen LogP contribution is -3.94. The van der Waals surface area contributed by atoms with Crippen molar-refractivity contribution in [3.8, 4) is 0 Å². The van der Waals surface area contributed by atoms with Crippen LogP contribution < -0.4 is 19.8 Å². The molecule has 0 unspecified atom stereocenters. The molecular weight excluding hydrogens is 295 g/mol. The minimum Gasteiger partial charge on any atom is -0.0620 e. The summed E-state index contributed by atoms with van der Waals surface area (Å²) >= 11 is -1.17. The third kappa shape index (κ3) is 3.47. The van der Waals surface area contributed by atoms with Gasteiger partial charge in [0.2, 0.25) is 0 Å². The van der Waals surface area contributed by atoms with E-state index in [0.29, 0.717) is 6.84 Å². The molecule has 0 saturated heterocycles. The molecule has 0 heterocycles. The molecule has 1 aromatic rings. The molecule has 1 radical (unpaired) electrons. The number of benzene rings is 1. The molecule has 1 rings (SSSR count). The summed E-state index contributed by atoms with van der Waals surface area (Å²) in [5.74, 6) is 0. The molecule has 0 atom stereocenters. The molecule has 1 heteroatoms. The van der Waals surface area contributed by atoms with Gasteiger partial charge in [-0.05, 0) is 53.7 Å². The average Bonchev–Trinajstić information content (AvgIpc) is 2.00. The van der Waals surface area contributed by atoms with E-state index in [1.54, 1.807) is 3.57 Å². The van der Waals surface area contributed by atoms with Crippen molar-refractivity contribution in [3.63, 3.8) is 0 Å². The van der Waals surface area contributed by atoms with Gasteiger partial charge in [0.25, 0.3) is 0 Å². The highest BCUT2D eigenvalue weighted by Gasteiger charge is 2.47. The monoisotopic (exact) mass is 318 g/mol. The van der Waals surface area contributed by atoms with Crippen LogP contribution in [0, 0.1) is 3.57 Å². The van der Waals surface area contributed by atoms with E-state index in [9.17, 15) is 0 Å². The fourth-order valence-electron chi connectivity index (χ4n) is 2.05. The summed E-state index contributed by atoms with van der Waals surface area (Å²) in [6, 6.07) is 11.1. The van der Waals surface area contributed by atoms with Gasteiger partial charge in [-0.3, -0.25) is 0 Å². The smallest absolute Gasteiger partial charge is 0.0620 e. The first-order valence-corrected chi connectivity index (χ1v) is 8.71. The van der Waals surface area contributed by atoms with Crippen molar-refractivity contribution in [1.29, 1.82) is 0 Å². The first kappa shape index (κ1) is 13.0. The lowest BCUT2D eigenvalue weighted by Gasteiger charge is -2.29. The van der Waals surface area contributed by atoms with E-state index in [1.807, 2.05) is 0 Å². The highest BCUT2D eigenvalue weighted by Crippen LogP contribution is 1.98. The van der Waals surface area contributed by atoms with E-state index in [4.69, 9.17) is 0 Å². The molecule has 0 aliphatic rings. The second-order valence-corrected chi connectivity index (χ2v) is 15.0. The summed E-state index contributed by atoms with van der Waals surface area (Å²) in [4.78, 5) is 0. The van der Waals surface area contributed by atoms with Crippen molar-refractivity contribution in [1.82, 2.24) is 0 Å². The molecule has 0 amide bonds. The molecule has 0 aliphatic carbocycles. The third-order valence-corrected chi connectivity index (χ3v) is 10.5. The molecule has 0 fully saturated rings. The molecule has 0 nitrogen and oxygen atoms in total. The van der Waals surface area contributed by atoms with Crippen LogP contribution in [0.1, 0.15) is 41.5 Å². The van der Waals surface area contributed by atoms with Crippen LogP contribution >= 0.6 is 0 Å². The van der Waals surface area contributed by atoms with Crippen LogP contribution in [0.4, 0.5) is 0 Å². The summed E-state index contributed by atoms with van der Waals surface area (Å²) in [7, 11) is 0. The van der Waals surface area contributed by atoms with Crippen LogP contribution in [-0.2, 0) is 0 Å². The topological polar surface area (TPSA) is 0 Å². The Bertz CT molecular complexity index is 286. The highest BCUT2D eigenvalue weighted by atomic mass is 127. The van der Waals surface area contributed by atoms with Crippen LogP contribution in [0.2, 0.25) is 0 Å². The summed E-state index contributed by atoms with van der Waals surface area (Å²) in [5, 5.41) is 0. The second kappa shape index (κ2) is 4.44. The summed E-state index contributed by atoms with van der Waals surface area (Å²) in [5.41, 5.74) is 0. The first-order valence-electron chi connectivity index (χ1n) is 5.48. The molecule has 0 aliphatic heterocycles. The number of hydrogen-bond acceptors (Lipinski definition) is 0. The Balaban J connectivity index is 3.15. The van der Waals surface area contributed by atoms with Crippen LogP contribution in [0.3, 0.4) is 0 Å². The normalized spacial score (nSPS) is 13.3. The largest absolute Gasteiger partial charge is 0.146 e. The highest BCUT2D eigenvalue weighted by molar-refractivity contribution is 5.00. The average molecular weight is 318 g/mol. The van der Waals surface area contributed by atoms with Crippen LogP contribution in [0.15, 0.2) is 30.3 Å². The van der Waals surface area contributed by atoms with Gasteiger partial charge in [-0.15, -0.1) is 0 Å². The maximum absolute atomic E-state index is 2.40. The summed E-state index contributed by atoms with van der Waals surface area (Å²) in [6.07, 6.45) is 0. The van der Waals surface area contributed by atoms with Gasteiger partial charge in [-0.25, -0.2) is 0 Å². The van der Waals surface area contributed by atoms with Gasteiger partial charge >= 0.3 is 0 Å². The van der Waals surface area contributed by atoms with E-state index in [0.717, 1.165) is 0 Å². The van der Waals surface area contributed by atoms with Gasteiger partial charge in [0, 0.05) is 0 Å². The molecule has 0 N–H and O–H groups in total. The van der Waals surface area contributed by atoms with Crippen molar-refractivity contribution in [2.75, 3.05) is 0 Å². The minimum atomic E-state index is -1.17. The van der Waals surface area contributed by atoms with Crippen LogP contribution in [0.25, 0.3) is 0 Å². The zero-order valence-corrected chi connectivity index (χ0v) is 12.9. The van der Waals surface area contributed by atoms with E-state index in [1.165, 1.54) is 0 Å².